The zero-order chi connectivity index (χ0) is 13.1. The third-order valence-electron chi connectivity index (χ3n) is 2.25. The highest BCUT2D eigenvalue weighted by molar-refractivity contribution is 9.10. The van der Waals surface area contributed by atoms with E-state index in [1.165, 1.54) is 18.5 Å². The first-order chi connectivity index (χ1) is 8.58. The summed E-state index contributed by atoms with van der Waals surface area (Å²) in [5, 5.41) is 2.96. The van der Waals surface area contributed by atoms with E-state index in [9.17, 15) is 9.18 Å². The van der Waals surface area contributed by atoms with Gasteiger partial charge in [-0.25, -0.2) is 9.37 Å². The van der Waals surface area contributed by atoms with Gasteiger partial charge in [0.15, 0.2) is 0 Å². The van der Waals surface area contributed by atoms with Crippen LogP contribution >= 0.6 is 31.9 Å². The number of anilines is 1. The summed E-state index contributed by atoms with van der Waals surface area (Å²) in [5.74, 6) is 0.0999. The lowest BCUT2D eigenvalue weighted by Crippen LogP contribution is -2.12. The average molecular weight is 377 g/mol. The largest absolute Gasteiger partial charge is 0.365 e. The Morgan fingerprint density at radius 1 is 1.39 bits per heavy atom. The van der Waals surface area contributed by atoms with Gasteiger partial charge in [-0.1, -0.05) is 15.9 Å². The predicted octanol–water partition coefficient (Wildman–Crippen LogP) is 3.05. The second-order valence-corrected chi connectivity index (χ2v) is 5.13. The molecule has 1 aromatic heterocycles. The van der Waals surface area contributed by atoms with Gasteiger partial charge in [0.25, 0.3) is 5.56 Å². The van der Waals surface area contributed by atoms with Crippen LogP contribution < -0.4 is 10.9 Å². The molecule has 0 aliphatic heterocycles. The van der Waals surface area contributed by atoms with Crippen LogP contribution in [0.2, 0.25) is 0 Å². The van der Waals surface area contributed by atoms with E-state index in [0.717, 1.165) is 10.0 Å². The smallest absolute Gasteiger partial charge is 0.267 e. The van der Waals surface area contributed by atoms with Gasteiger partial charge in [-0.15, -0.1) is 0 Å². The molecule has 0 spiro atoms. The lowest BCUT2D eigenvalue weighted by Gasteiger charge is -2.08. The minimum atomic E-state index is -0.312. The number of H-pyrrole nitrogens is 1. The van der Waals surface area contributed by atoms with Gasteiger partial charge in [-0.05, 0) is 39.7 Å². The van der Waals surface area contributed by atoms with E-state index < -0.39 is 0 Å². The Morgan fingerprint density at radius 3 is 2.94 bits per heavy atom. The highest BCUT2D eigenvalue weighted by atomic mass is 79.9. The summed E-state index contributed by atoms with van der Waals surface area (Å²) in [6.45, 7) is 0.355. The molecule has 0 saturated carbocycles. The molecular weight excluding hydrogens is 369 g/mol. The van der Waals surface area contributed by atoms with Crippen LogP contribution in [0.3, 0.4) is 0 Å². The van der Waals surface area contributed by atoms with Gasteiger partial charge < -0.3 is 10.3 Å². The van der Waals surface area contributed by atoms with Crippen molar-refractivity contribution in [1.29, 1.82) is 0 Å². The number of halogens is 3. The molecule has 94 valence electrons. The van der Waals surface area contributed by atoms with E-state index in [1.807, 2.05) is 0 Å². The molecular formula is C11H8Br2FN3O. The maximum Gasteiger partial charge on any atom is 0.267 e. The van der Waals surface area contributed by atoms with Crippen molar-refractivity contribution in [3.8, 4) is 0 Å². The number of rotatable bonds is 3. The van der Waals surface area contributed by atoms with Crippen molar-refractivity contribution in [2.75, 3.05) is 5.32 Å². The lowest BCUT2D eigenvalue weighted by molar-refractivity contribution is 0.625. The summed E-state index contributed by atoms with van der Waals surface area (Å²) in [6, 6.07) is 4.42. The number of aromatic amines is 1. The van der Waals surface area contributed by atoms with Crippen LogP contribution in [0.15, 0.2) is 38.3 Å². The Kier molecular flexibility index (Phi) is 4.13. The van der Waals surface area contributed by atoms with Gasteiger partial charge in [0.2, 0.25) is 0 Å². The van der Waals surface area contributed by atoms with Crippen LogP contribution in [0.1, 0.15) is 5.56 Å². The first-order valence-corrected chi connectivity index (χ1v) is 6.57. The number of nitrogens with zero attached hydrogens (tertiary/aromatic N) is 1. The lowest BCUT2D eigenvalue weighted by atomic mass is 10.2. The third-order valence-corrected chi connectivity index (χ3v) is 3.76. The summed E-state index contributed by atoms with van der Waals surface area (Å²) < 4.78 is 14.2. The van der Waals surface area contributed by atoms with Crippen molar-refractivity contribution in [3.05, 3.63) is 55.2 Å². The van der Waals surface area contributed by atoms with Gasteiger partial charge >= 0.3 is 0 Å². The van der Waals surface area contributed by atoms with E-state index in [1.54, 1.807) is 6.07 Å². The van der Waals surface area contributed by atoms with E-state index in [4.69, 9.17) is 0 Å². The van der Waals surface area contributed by atoms with Crippen molar-refractivity contribution < 1.29 is 4.39 Å². The summed E-state index contributed by atoms with van der Waals surface area (Å²) in [6.07, 6.45) is 1.30. The first-order valence-electron chi connectivity index (χ1n) is 4.99. The van der Waals surface area contributed by atoms with Gasteiger partial charge in [-0.3, -0.25) is 4.79 Å². The zero-order valence-electron chi connectivity index (χ0n) is 9.01. The Balaban J connectivity index is 2.19. The van der Waals surface area contributed by atoms with Crippen molar-refractivity contribution in [2.45, 2.75) is 6.54 Å². The van der Waals surface area contributed by atoms with E-state index in [0.29, 0.717) is 16.8 Å². The van der Waals surface area contributed by atoms with Gasteiger partial charge in [-0.2, -0.15) is 0 Å². The quantitative estimate of drug-likeness (QED) is 0.865. The molecule has 1 heterocycles. The van der Waals surface area contributed by atoms with Crippen molar-refractivity contribution in [2.24, 2.45) is 0 Å². The Labute approximate surface area is 119 Å². The molecule has 0 fully saturated rings. The van der Waals surface area contributed by atoms with Crippen molar-refractivity contribution in [3.63, 3.8) is 0 Å². The zero-order valence-corrected chi connectivity index (χ0v) is 12.2. The topological polar surface area (TPSA) is 57.8 Å². The molecule has 2 aromatic rings. The second-order valence-electron chi connectivity index (χ2n) is 3.48. The molecule has 1 aromatic carbocycles. The highest BCUT2D eigenvalue weighted by Crippen LogP contribution is 2.20. The summed E-state index contributed by atoms with van der Waals surface area (Å²) in [4.78, 5) is 17.7. The molecule has 2 N–H and O–H groups in total. The number of hydrogen-bond donors (Lipinski definition) is 2. The SMILES string of the molecule is O=c1[nH]cnc(NCc2cc(F)ccc2Br)c1Br. The monoisotopic (exact) mass is 375 g/mol. The number of hydrogen-bond acceptors (Lipinski definition) is 3. The Hall–Kier alpha value is -1.21. The van der Waals surface area contributed by atoms with Crippen LogP contribution in [-0.4, -0.2) is 9.97 Å². The maximum absolute atomic E-state index is 13.1. The molecule has 4 nitrogen and oxygen atoms in total. The second kappa shape index (κ2) is 5.62. The first kappa shape index (κ1) is 13.2. The molecule has 2 rings (SSSR count). The Morgan fingerprint density at radius 2 is 2.17 bits per heavy atom. The van der Waals surface area contributed by atoms with Gasteiger partial charge in [0, 0.05) is 11.0 Å². The minimum absolute atomic E-state index is 0.272. The van der Waals surface area contributed by atoms with Crippen LogP contribution in [0.4, 0.5) is 10.2 Å². The molecule has 0 atom stereocenters. The van der Waals surface area contributed by atoms with Crippen LogP contribution in [0, 0.1) is 5.82 Å². The Bertz CT molecular complexity index is 630. The molecule has 0 aliphatic rings. The average Bonchev–Trinajstić information content (AvgIpc) is 2.35. The fraction of sp³-hybridized carbons (Fsp3) is 0.0909. The standard InChI is InChI=1S/C11H8Br2FN3O/c12-8-2-1-7(14)3-6(8)4-15-10-9(13)11(18)17-5-16-10/h1-3,5H,4H2,(H2,15,16,17,18). The van der Waals surface area contributed by atoms with E-state index >= 15 is 0 Å². The van der Waals surface area contributed by atoms with Crippen molar-refractivity contribution >= 4 is 37.7 Å². The summed E-state index contributed by atoms with van der Waals surface area (Å²) in [7, 11) is 0. The molecule has 0 bridgehead atoms. The third kappa shape index (κ3) is 2.97. The van der Waals surface area contributed by atoms with E-state index in [-0.39, 0.29) is 11.4 Å². The van der Waals surface area contributed by atoms with Gasteiger partial charge in [0.05, 0.1) is 6.33 Å². The molecule has 0 unspecified atom stereocenters. The maximum atomic E-state index is 13.1. The summed E-state index contributed by atoms with van der Waals surface area (Å²) >= 11 is 6.46. The molecule has 0 radical (unpaired) electrons. The molecule has 0 amide bonds. The summed E-state index contributed by atoms with van der Waals surface area (Å²) in [5.41, 5.74) is 0.467. The predicted molar refractivity (Wildman–Crippen MR) is 74.0 cm³/mol. The van der Waals surface area contributed by atoms with Crippen LogP contribution in [0.5, 0.6) is 0 Å². The normalized spacial score (nSPS) is 10.4. The molecule has 0 saturated heterocycles. The van der Waals surface area contributed by atoms with Gasteiger partial charge in [0.1, 0.15) is 16.1 Å². The van der Waals surface area contributed by atoms with Crippen molar-refractivity contribution in [1.82, 2.24) is 9.97 Å². The fourth-order valence-corrected chi connectivity index (χ4v) is 2.11. The fourth-order valence-electron chi connectivity index (χ4n) is 1.36. The minimum Gasteiger partial charge on any atom is -0.365 e. The molecule has 0 aliphatic carbocycles. The molecule has 18 heavy (non-hydrogen) atoms. The number of nitrogens with one attached hydrogen (secondary N) is 2. The number of benzene rings is 1. The number of aromatic nitrogens is 2. The van der Waals surface area contributed by atoms with E-state index in [2.05, 4.69) is 47.1 Å². The highest BCUT2D eigenvalue weighted by Gasteiger charge is 2.06. The molecule has 7 heteroatoms. The van der Waals surface area contributed by atoms with Crippen LogP contribution in [0.25, 0.3) is 0 Å². The van der Waals surface area contributed by atoms with Crippen LogP contribution in [-0.2, 0) is 6.54 Å².